The Morgan fingerprint density at radius 1 is 0.966 bits per heavy atom. The summed E-state index contributed by atoms with van der Waals surface area (Å²) in [6, 6.07) is 20.2. The van der Waals surface area contributed by atoms with Crippen LogP contribution in [0.3, 0.4) is 0 Å². The molecule has 152 valence electrons. The summed E-state index contributed by atoms with van der Waals surface area (Å²) in [6.07, 6.45) is 3.27. The average molecular weight is 411 g/mol. The summed E-state index contributed by atoms with van der Waals surface area (Å²) in [5, 5.41) is 4.57. The van der Waals surface area contributed by atoms with Gasteiger partial charge in [-0.25, -0.2) is 8.42 Å². The Bertz CT molecular complexity index is 1090. The lowest BCUT2D eigenvalue weighted by Gasteiger charge is -2.17. The molecule has 0 bridgehead atoms. The number of aryl methyl sites for hydroxylation is 1. The summed E-state index contributed by atoms with van der Waals surface area (Å²) in [5.74, 6) is -0.377. The first-order chi connectivity index (χ1) is 13.9. The van der Waals surface area contributed by atoms with Crippen LogP contribution in [0, 0.1) is 0 Å². The van der Waals surface area contributed by atoms with Crippen LogP contribution in [-0.2, 0) is 21.2 Å². The van der Waals surface area contributed by atoms with Gasteiger partial charge in [-0.2, -0.15) is 4.31 Å². The van der Waals surface area contributed by atoms with Gasteiger partial charge in [-0.15, -0.1) is 0 Å². The number of anilines is 1. The van der Waals surface area contributed by atoms with Crippen molar-refractivity contribution in [2.45, 2.75) is 31.1 Å². The zero-order valence-electron chi connectivity index (χ0n) is 16.8. The van der Waals surface area contributed by atoms with Crippen LogP contribution in [0.2, 0.25) is 0 Å². The standard InChI is InChI=1S/C23H26N2O3S/c1-3-4-7-18-10-13-21(14-11-18)24-23(26)17-25(2)29(27,28)22-15-12-19-8-5-6-9-20(19)16-22/h5-6,8-16H,3-4,7,17H2,1-2H3,(H,24,26). The molecule has 5 nitrogen and oxygen atoms in total. The number of carbonyl (C=O) groups excluding carboxylic acids is 1. The van der Waals surface area contributed by atoms with Gasteiger partial charge in [0.05, 0.1) is 11.4 Å². The van der Waals surface area contributed by atoms with Crippen LogP contribution in [0.5, 0.6) is 0 Å². The van der Waals surface area contributed by atoms with Gasteiger partial charge in [-0.05, 0) is 53.4 Å². The zero-order valence-corrected chi connectivity index (χ0v) is 17.6. The molecule has 3 aromatic carbocycles. The highest BCUT2D eigenvalue weighted by atomic mass is 32.2. The van der Waals surface area contributed by atoms with E-state index in [0.29, 0.717) is 5.69 Å². The summed E-state index contributed by atoms with van der Waals surface area (Å²) in [5.41, 5.74) is 1.88. The van der Waals surface area contributed by atoms with Crippen LogP contribution in [-0.4, -0.2) is 32.2 Å². The van der Waals surface area contributed by atoms with E-state index < -0.39 is 10.0 Å². The molecule has 0 heterocycles. The third kappa shape index (κ3) is 5.22. The number of hydrogen-bond donors (Lipinski definition) is 1. The van der Waals surface area contributed by atoms with Crippen molar-refractivity contribution < 1.29 is 13.2 Å². The molecule has 0 spiro atoms. The van der Waals surface area contributed by atoms with E-state index in [9.17, 15) is 13.2 Å². The minimum absolute atomic E-state index is 0.173. The SMILES string of the molecule is CCCCc1ccc(NC(=O)CN(C)S(=O)(=O)c2ccc3ccccc3c2)cc1. The minimum Gasteiger partial charge on any atom is -0.325 e. The molecule has 0 radical (unpaired) electrons. The summed E-state index contributed by atoms with van der Waals surface area (Å²) in [6.45, 7) is 1.89. The summed E-state index contributed by atoms with van der Waals surface area (Å²) in [7, 11) is -2.35. The number of sulfonamides is 1. The molecule has 3 aromatic rings. The van der Waals surface area contributed by atoms with Crippen LogP contribution < -0.4 is 5.32 Å². The highest BCUT2D eigenvalue weighted by Crippen LogP contribution is 2.21. The number of hydrogen-bond acceptors (Lipinski definition) is 3. The van der Waals surface area contributed by atoms with Gasteiger partial charge in [0.2, 0.25) is 15.9 Å². The normalized spacial score (nSPS) is 11.7. The van der Waals surface area contributed by atoms with Crippen LogP contribution in [0.4, 0.5) is 5.69 Å². The lowest BCUT2D eigenvalue weighted by atomic mass is 10.1. The largest absolute Gasteiger partial charge is 0.325 e. The number of fused-ring (bicyclic) bond motifs is 1. The molecule has 0 aliphatic heterocycles. The Morgan fingerprint density at radius 2 is 1.66 bits per heavy atom. The van der Waals surface area contributed by atoms with E-state index in [1.54, 1.807) is 18.2 Å². The third-order valence-electron chi connectivity index (χ3n) is 4.85. The average Bonchev–Trinajstić information content (AvgIpc) is 2.72. The number of likely N-dealkylation sites (N-methyl/N-ethyl adjacent to an activating group) is 1. The number of rotatable bonds is 8. The molecule has 29 heavy (non-hydrogen) atoms. The predicted octanol–water partition coefficient (Wildman–Crippen LogP) is 4.44. The highest BCUT2D eigenvalue weighted by Gasteiger charge is 2.23. The minimum atomic E-state index is -3.76. The highest BCUT2D eigenvalue weighted by molar-refractivity contribution is 7.89. The van der Waals surface area contributed by atoms with Crippen LogP contribution >= 0.6 is 0 Å². The van der Waals surface area contributed by atoms with E-state index in [2.05, 4.69) is 12.2 Å². The Labute approximate surface area is 172 Å². The van der Waals surface area contributed by atoms with E-state index in [4.69, 9.17) is 0 Å². The second-order valence-corrected chi connectivity index (χ2v) is 9.16. The van der Waals surface area contributed by atoms with Crippen molar-refractivity contribution in [1.29, 1.82) is 0 Å². The monoisotopic (exact) mass is 410 g/mol. The fourth-order valence-electron chi connectivity index (χ4n) is 3.13. The molecule has 0 aliphatic carbocycles. The van der Waals surface area contributed by atoms with E-state index in [-0.39, 0.29) is 17.3 Å². The topological polar surface area (TPSA) is 66.5 Å². The van der Waals surface area contributed by atoms with Gasteiger partial charge in [0, 0.05) is 12.7 Å². The molecule has 0 unspecified atom stereocenters. The van der Waals surface area contributed by atoms with E-state index in [1.165, 1.54) is 12.6 Å². The zero-order chi connectivity index (χ0) is 20.9. The number of nitrogens with one attached hydrogen (secondary N) is 1. The molecule has 0 aliphatic rings. The second-order valence-electron chi connectivity index (χ2n) is 7.12. The van der Waals surface area contributed by atoms with Crippen molar-refractivity contribution in [2.75, 3.05) is 18.9 Å². The van der Waals surface area contributed by atoms with Crippen molar-refractivity contribution in [3.63, 3.8) is 0 Å². The van der Waals surface area contributed by atoms with Gasteiger partial charge in [0.1, 0.15) is 0 Å². The number of nitrogens with zero attached hydrogens (tertiary/aromatic N) is 1. The molecule has 3 rings (SSSR count). The molecular formula is C23H26N2O3S. The van der Waals surface area contributed by atoms with Crippen LogP contribution in [0.25, 0.3) is 10.8 Å². The van der Waals surface area contributed by atoms with E-state index in [1.807, 2.05) is 48.5 Å². The number of amides is 1. The summed E-state index contributed by atoms with van der Waals surface area (Å²) in [4.78, 5) is 12.5. The Balaban J connectivity index is 1.66. The van der Waals surface area contributed by atoms with Crippen molar-refractivity contribution in [1.82, 2.24) is 4.31 Å². The maximum atomic E-state index is 12.9. The van der Waals surface area contributed by atoms with Crippen LogP contribution in [0.1, 0.15) is 25.3 Å². The molecule has 1 N–H and O–H groups in total. The quantitative estimate of drug-likeness (QED) is 0.597. The van der Waals surface area contributed by atoms with Crippen molar-refractivity contribution in [2.24, 2.45) is 0 Å². The molecule has 0 saturated heterocycles. The van der Waals surface area contributed by atoms with E-state index >= 15 is 0 Å². The molecule has 0 atom stereocenters. The first kappa shape index (κ1) is 21.0. The Morgan fingerprint density at radius 3 is 2.34 bits per heavy atom. The smallest absolute Gasteiger partial charge is 0.243 e. The summed E-state index contributed by atoms with van der Waals surface area (Å²) >= 11 is 0. The Hall–Kier alpha value is -2.70. The third-order valence-corrected chi connectivity index (χ3v) is 6.65. The molecule has 0 fully saturated rings. The van der Waals surface area contributed by atoms with Crippen molar-refractivity contribution in [3.8, 4) is 0 Å². The first-order valence-corrected chi connectivity index (χ1v) is 11.2. The van der Waals surface area contributed by atoms with Gasteiger partial charge < -0.3 is 5.32 Å². The predicted molar refractivity (Wildman–Crippen MR) is 117 cm³/mol. The maximum absolute atomic E-state index is 12.9. The van der Waals surface area contributed by atoms with Gasteiger partial charge in [0.15, 0.2) is 0 Å². The van der Waals surface area contributed by atoms with Crippen LogP contribution in [0.15, 0.2) is 71.6 Å². The number of carbonyl (C=O) groups is 1. The van der Waals surface area contributed by atoms with Gasteiger partial charge in [-0.3, -0.25) is 4.79 Å². The fourth-order valence-corrected chi connectivity index (χ4v) is 4.29. The second kappa shape index (κ2) is 9.20. The Kier molecular flexibility index (Phi) is 6.67. The fraction of sp³-hybridized carbons (Fsp3) is 0.261. The van der Waals surface area contributed by atoms with Crippen molar-refractivity contribution in [3.05, 3.63) is 72.3 Å². The lowest BCUT2D eigenvalue weighted by Crippen LogP contribution is -2.34. The number of benzene rings is 3. The molecule has 6 heteroatoms. The molecule has 1 amide bonds. The maximum Gasteiger partial charge on any atom is 0.243 e. The molecule has 0 saturated carbocycles. The van der Waals surface area contributed by atoms with Gasteiger partial charge >= 0.3 is 0 Å². The first-order valence-electron chi connectivity index (χ1n) is 9.74. The molecular weight excluding hydrogens is 384 g/mol. The molecule has 0 aromatic heterocycles. The van der Waals surface area contributed by atoms with Crippen molar-refractivity contribution >= 4 is 32.4 Å². The van der Waals surface area contributed by atoms with Gasteiger partial charge in [-0.1, -0.05) is 55.8 Å². The number of unbranched alkanes of at least 4 members (excludes halogenated alkanes) is 1. The summed E-state index contributed by atoms with van der Waals surface area (Å²) < 4.78 is 26.8. The van der Waals surface area contributed by atoms with Gasteiger partial charge in [0.25, 0.3) is 0 Å². The lowest BCUT2D eigenvalue weighted by molar-refractivity contribution is -0.116. The van der Waals surface area contributed by atoms with E-state index in [0.717, 1.165) is 34.3 Å².